The van der Waals surface area contributed by atoms with Gasteiger partial charge in [0.1, 0.15) is 27.6 Å². The van der Waals surface area contributed by atoms with Crippen molar-refractivity contribution < 1.29 is 28.7 Å². The minimum absolute atomic E-state index is 0.0981. The Balaban J connectivity index is 1.14. The number of fused-ring (bicyclic) bond motifs is 3. The molecular weight excluding hydrogens is 578 g/mol. The van der Waals surface area contributed by atoms with E-state index >= 15 is 0 Å². The van der Waals surface area contributed by atoms with Gasteiger partial charge in [-0.3, -0.25) is 0 Å². The van der Waals surface area contributed by atoms with Crippen LogP contribution in [0, 0.1) is 17.7 Å². The molecule has 2 N–H and O–H groups in total. The number of halogens is 3. The van der Waals surface area contributed by atoms with E-state index in [0.717, 1.165) is 43.1 Å². The number of benzene rings is 2. The van der Waals surface area contributed by atoms with Crippen LogP contribution in [-0.4, -0.2) is 32.4 Å². The van der Waals surface area contributed by atoms with Gasteiger partial charge in [0.05, 0.1) is 33.0 Å². The number of thiazole rings is 1. The number of rotatable bonds is 7. The summed E-state index contributed by atoms with van der Waals surface area (Å²) in [6.07, 6.45) is 4.83. The van der Waals surface area contributed by atoms with Gasteiger partial charge in [-0.2, -0.15) is 0 Å². The van der Waals surface area contributed by atoms with Gasteiger partial charge in [0.15, 0.2) is 5.82 Å². The lowest BCUT2D eigenvalue weighted by molar-refractivity contribution is -0.116. The quantitative estimate of drug-likeness (QED) is 0.225. The first kappa shape index (κ1) is 26.3. The Labute approximate surface area is 242 Å². The molecule has 0 amide bonds. The smallest absolute Gasteiger partial charge is 0.335 e. The summed E-state index contributed by atoms with van der Waals surface area (Å²) >= 11 is 14.2. The van der Waals surface area contributed by atoms with Crippen LogP contribution in [0.1, 0.15) is 71.1 Å². The number of carbonyl (C=O) groups is 1. The first-order valence-corrected chi connectivity index (χ1v) is 14.9. The predicted octanol–water partition coefficient (Wildman–Crippen LogP) is 7.57. The molecule has 0 radical (unpaired) electrons. The molecule has 2 aromatic heterocycles. The summed E-state index contributed by atoms with van der Waals surface area (Å²) in [4.78, 5) is 15.9. The van der Waals surface area contributed by atoms with E-state index in [1.807, 2.05) is 0 Å². The standard InChI is InChI=1S/C29H25Cl2FN2O5S/c30-19-2-1-3-20(31)23(19)24-18(26(39-34-24)13-4-5-13)12-38-17-10-15-6-7-16(11-17)29(15,37)28-33-25-21(32)8-14(27(35)36)9-22(25)40-28/h1-3,8-9,13,15-17,37H,4-7,10-12H2,(H,35,36)/t15-,16+,17+,29-. The molecule has 2 aromatic carbocycles. The number of aliphatic hydroxyl groups is 1. The highest BCUT2D eigenvalue weighted by Gasteiger charge is 2.56. The van der Waals surface area contributed by atoms with Crippen LogP contribution < -0.4 is 0 Å². The van der Waals surface area contributed by atoms with E-state index in [-0.39, 0.29) is 29.0 Å². The van der Waals surface area contributed by atoms with Gasteiger partial charge in [0.25, 0.3) is 0 Å². The molecule has 3 saturated carbocycles. The van der Waals surface area contributed by atoms with E-state index in [9.17, 15) is 19.4 Å². The first-order valence-electron chi connectivity index (χ1n) is 13.3. The molecule has 4 atom stereocenters. The van der Waals surface area contributed by atoms with Crippen LogP contribution >= 0.6 is 34.5 Å². The second kappa shape index (κ2) is 9.77. The maximum Gasteiger partial charge on any atom is 0.335 e. The third-order valence-electron chi connectivity index (χ3n) is 8.67. The number of aromatic nitrogens is 2. The summed E-state index contributed by atoms with van der Waals surface area (Å²) in [5.74, 6) is -0.985. The van der Waals surface area contributed by atoms with E-state index in [4.69, 9.17) is 32.5 Å². The Kier molecular flexibility index (Phi) is 6.44. The largest absolute Gasteiger partial charge is 0.478 e. The highest BCUT2D eigenvalue weighted by atomic mass is 35.5. The lowest BCUT2D eigenvalue weighted by Crippen LogP contribution is -2.44. The number of hydrogen-bond donors (Lipinski definition) is 2. The van der Waals surface area contributed by atoms with E-state index in [1.54, 1.807) is 18.2 Å². The summed E-state index contributed by atoms with van der Waals surface area (Å²) in [6.45, 7) is 0.291. The number of aromatic carboxylic acids is 1. The van der Waals surface area contributed by atoms with Crippen LogP contribution in [0.3, 0.4) is 0 Å². The second-order valence-corrected chi connectivity index (χ2v) is 12.9. The fourth-order valence-electron chi connectivity index (χ4n) is 6.52. The summed E-state index contributed by atoms with van der Waals surface area (Å²) in [5, 5.41) is 27.0. The zero-order valence-corrected chi connectivity index (χ0v) is 23.5. The fourth-order valence-corrected chi connectivity index (χ4v) is 8.36. The maximum absolute atomic E-state index is 14.7. The minimum Gasteiger partial charge on any atom is -0.478 e. The zero-order chi connectivity index (χ0) is 27.8. The Morgan fingerprint density at radius 1 is 1.15 bits per heavy atom. The van der Waals surface area contributed by atoms with Gasteiger partial charge in [-0.05, 0) is 74.6 Å². The number of carboxylic acids is 1. The molecule has 7 rings (SSSR count). The normalized spacial score (nSPS) is 26.1. The summed E-state index contributed by atoms with van der Waals surface area (Å²) in [6, 6.07) is 7.73. The number of nitrogens with zero attached hydrogens (tertiary/aromatic N) is 2. The predicted molar refractivity (Wildman–Crippen MR) is 148 cm³/mol. The van der Waals surface area contributed by atoms with Crippen LogP contribution in [-0.2, 0) is 16.9 Å². The van der Waals surface area contributed by atoms with Crippen LogP contribution in [0.25, 0.3) is 21.5 Å². The molecule has 0 saturated heterocycles. The van der Waals surface area contributed by atoms with Gasteiger partial charge in [0, 0.05) is 17.0 Å². The van der Waals surface area contributed by atoms with Crippen LogP contribution in [0.2, 0.25) is 10.0 Å². The Hall–Kier alpha value is -2.56. The first-order chi connectivity index (χ1) is 19.2. The molecule has 0 spiro atoms. The van der Waals surface area contributed by atoms with Crippen LogP contribution in [0.15, 0.2) is 34.9 Å². The van der Waals surface area contributed by atoms with Crippen LogP contribution in [0.5, 0.6) is 0 Å². The monoisotopic (exact) mass is 602 g/mol. The van der Waals surface area contributed by atoms with Crippen molar-refractivity contribution in [3.63, 3.8) is 0 Å². The number of hydrogen-bond acceptors (Lipinski definition) is 7. The third kappa shape index (κ3) is 4.25. The Morgan fingerprint density at radius 3 is 2.50 bits per heavy atom. The lowest BCUT2D eigenvalue weighted by atomic mass is 9.73. The lowest BCUT2D eigenvalue weighted by Gasteiger charge is -2.41. The molecule has 0 aliphatic heterocycles. The molecule has 11 heteroatoms. The summed E-state index contributed by atoms with van der Waals surface area (Å²) in [7, 11) is 0. The Bertz CT molecular complexity index is 1620. The average Bonchev–Trinajstić information content (AvgIpc) is 3.49. The van der Waals surface area contributed by atoms with Gasteiger partial charge >= 0.3 is 5.97 Å². The summed E-state index contributed by atoms with van der Waals surface area (Å²) < 4.78 is 27.3. The molecule has 2 bridgehead atoms. The zero-order valence-electron chi connectivity index (χ0n) is 21.2. The average molecular weight is 603 g/mol. The third-order valence-corrected chi connectivity index (χ3v) is 10.4. The van der Waals surface area contributed by atoms with Gasteiger partial charge in [-0.1, -0.05) is 34.4 Å². The second-order valence-electron chi connectivity index (χ2n) is 11.1. The highest BCUT2D eigenvalue weighted by molar-refractivity contribution is 7.18. The topological polar surface area (TPSA) is 106 Å². The molecule has 0 unspecified atom stereocenters. The van der Waals surface area contributed by atoms with Crippen molar-refractivity contribution in [2.75, 3.05) is 0 Å². The summed E-state index contributed by atoms with van der Waals surface area (Å²) in [5.41, 5.74) is 0.858. The molecule has 40 heavy (non-hydrogen) atoms. The van der Waals surface area contributed by atoms with E-state index in [2.05, 4.69) is 10.1 Å². The van der Waals surface area contributed by atoms with Crippen molar-refractivity contribution in [2.45, 2.75) is 62.8 Å². The Morgan fingerprint density at radius 2 is 1.85 bits per heavy atom. The molecular formula is C29H25Cl2FN2O5S. The van der Waals surface area contributed by atoms with Gasteiger partial charge < -0.3 is 19.5 Å². The van der Waals surface area contributed by atoms with Gasteiger partial charge in [0.2, 0.25) is 0 Å². The molecule has 2 heterocycles. The molecule has 7 nitrogen and oxygen atoms in total. The van der Waals surface area contributed by atoms with Crippen LogP contribution in [0.4, 0.5) is 4.39 Å². The minimum atomic E-state index is -1.20. The number of ether oxygens (including phenoxy) is 1. The van der Waals surface area contributed by atoms with Crippen molar-refractivity contribution in [3.05, 3.63) is 68.1 Å². The van der Waals surface area contributed by atoms with Crippen molar-refractivity contribution in [3.8, 4) is 11.3 Å². The molecule has 208 valence electrons. The van der Waals surface area contributed by atoms with E-state index < -0.39 is 17.4 Å². The van der Waals surface area contributed by atoms with Gasteiger partial charge in [-0.25, -0.2) is 14.2 Å². The molecule has 3 aliphatic rings. The highest BCUT2D eigenvalue weighted by Crippen LogP contribution is 2.57. The van der Waals surface area contributed by atoms with Crippen molar-refractivity contribution in [2.24, 2.45) is 11.8 Å². The molecule has 3 aliphatic carbocycles. The molecule has 4 aromatic rings. The SMILES string of the molecule is O=C(O)c1cc(F)c2nc([C@@]3(O)[C@@H]4CC[C@H]3C[C@@H](OCc3c(-c5c(Cl)cccc5Cl)noc3C3CC3)C4)sc2c1. The van der Waals surface area contributed by atoms with Crippen molar-refractivity contribution >= 4 is 50.7 Å². The molecule has 3 fully saturated rings. The van der Waals surface area contributed by atoms with Crippen molar-refractivity contribution in [1.82, 2.24) is 10.1 Å². The van der Waals surface area contributed by atoms with E-state index in [0.29, 0.717) is 56.4 Å². The maximum atomic E-state index is 14.7. The van der Waals surface area contributed by atoms with Gasteiger partial charge in [-0.15, -0.1) is 11.3 Å². The van der Waals surface area contributed by atoms with E-state index in [1.165, 1.54) is 17.4 Å². The fraction of sp³-hybridized carbons (Fsp3) is 0.414. The number of carboxylic acid groups (broad SMARTS) is 1. The van der Waals surface area contributed by atoms with Crippen molar-refractivity contribution in [1.29, 1.82) is 0 Å².